The third-order valence-electron chi connectivity index (χ3n) is 11.1. The van der Waals surface area contributed by atoms with E-state index >= 15 is 0 Å². The molecule has 0 bridgehead atoms. The fraction of sp³-hybridized carbons (Fsp3) is 0.250. The van der Waals surface area contributed by atoms with Gasteiger partial charge in [0.05, 0.1) is 0 Å². The molecule has 0 N–H and O–H groups in total. The summed E-state index contributed by atoms with van der Waals surface area (Å²) in [5.41, 5.74) is 14.7. The van der Waals surface area contributed by atoms with Crippen molar-refractivity contribution in [2.75, 3.05) is 0 Å². The van der Waals surface area contributed by atoms with Gasteiger partial charge >= 0.3 is 0 Å². The largest absolute Gasteiger partial charge is 0.0654 e. The molecule has 0 heteroatoms. The van der Waals surface area contributed by atoms with Gasteiger partial charge in [-0.1, -0.05) is 159 Å². The van der Waals surface area contributed by atoms with Crippen LogP contribution < -0.4 is 0 Å². The van der Waals surface area contributed by atoms with Crippen molar-refractivity contribution in [2.45, 2.75) is 77.0 Å². The van der Waals surface area contributed by atoms with Crippen molar-refractivity contribution in [3.8, 4) is 22.3 Å². The summed E-state index contributed by atoms with van der Waals surface area (Å²) in [5.74, 6) is 0.985. The van der Waals surface area contributed by atoms with Crippen molar-refractivity contribution < 1.29 is 0 Å². The van der Waals surface area contributed by atoms with Crippen molar-refractivity contribution in [1.29, 1.82) is 0 Å². The Labute approximate surface area is 286 Å². The van der Waals surface area contributed by atoms with E-state index in [0.29, 0.717) is 11.8 Å². The van der Waals surface area contributed by atoms with Crippen molar-refractivity contribution >= 4 is 33.7 Å². The molecule has 2 atom stereocenters. The van der Waals surface area contributed by atoms with E-state index in [4.69, 9.17) is 0 Å². The monoisotopic (exact) mass is 622 g/mol. The summed E-state index contributed by atoms with van der Waals surface area (Å²) in [6.07, 6.45) is 14.9. The first-order valence-electron chi connectivity index (χ1n) is 18.4. The highest BCUT2D eigenvalue weighted by atomic mass is 14.4. The van der Waals surface area contributed by atoms with Crippen LogP contribution in [0.4, 0.5) is 0 Å². The number of fused-ring (bicyclic) bond motifs is 4. The molecule has 48 heavy (non-hydrogen) atoms. The van der Waals surface area contributed by atoms with Gasteiger partial charge < -0.3 is 0 Å². The van der Waals surface area contributed by atoms with Crippen molar-refractivity contribution in [3.63, 3.8) is 0 Å². The van der Waals surface area contributed by atoms with E-state index in [0.717, 1.165) is 0 Å². The third kappa shape index (κ3) is 5.73. The lowest BCUT2D eigenvalue weighted by atomic mass is 9.81. The normalized spacial score (nSPS) is 16.6. The van der Waals surface area contributed by atoms with Crippen LogP contribution in [0.2, 0.25) is 0 Å². The molecule has 6 aromatic rings. The molecule has 238 valence electrons. The molecule has 0 heterocycles. The first-order valence-corrected chi connectivity index (χ1v) is 18.4. The second-order valence-corrected chi connectivity index (χ2v) is 14.1. The molecule has 2 aliphatic carbocycles. The molecule has 0 aliphatic heterocycles. The Morgan fingerprint density at radius 1 is 0.438 bits per heavy atom. The van der Waals surface area contributed by atoms with E-state index in [1.807, 2.05) is 0 Å². The molecule has 0 amide bonds. The molecule has 0 fully saturated rings. The average Bonchev–Trinajstić information content (AvgIpc) is 3.68. The maximum atomic E-state index is 2.58. The van der Waals surface area contributed by atoms with Crippen LogP contribution in [0, 0.1) is 0 Å². The lowest BCUT2D eigenvalue weighted by molar-refractivity contribution is 0.579. The third-order valence-corrected chi connectivity index (χ3v) is 11.1. The van der Waals surface area contributed by atoms with Crippen molar-refractivity contribution in [2.24, 2.45) is 0 Å². The van der Waals surface area contributed by atoms with Gasteiger partial charge in [0.1, 0.15) is 0 Å². The van der Waals surface area contributed by atoms with Gasteiger partial charge in [-0.3, -0.25) is 0 Å². The molecule has 0 radical (unpaired) electrons. The van der Waals surface area contributed by atoms with Crippen LogP contribution in [-0.2, 0) is 0 Å². The lowest BCUT2D eigenvalue weighted by Gasteiger charge is -2.23. The van der Waals surface area contributed by atoms with Crippen molar-refractivity contribution in [3.05, 3.63) is 155 Å². The molecule has 0 nitrogen and oxygen atoms in total. The minimum atomic E-state index is 0.493. The number of allylic oxidation sites excluding steroid dienone is 2. The number of benzene rings is 6. The van der Waals surface area contributed by atoms with E-state index < -0.39 is 0 Å². The first kappa shape index (κ1) is 30.6. The zero-order valence-corrected chi connectivity index (χ0v) is 28.5. The van der Waals surface area contributed by atoms with Gasteiger partial charge in [0.25, 0.3) is 0 Å². The molecule has 0 spiro atoms. The lowest BCUT2D eigenvalue weighted by Crippen LogP contribution is -2.06. The molecule has 0 saturated heterocycles. The van der Waals surface area contributed by atoms with Gasteiger partial charge in [-0.05, 0) is 117 Å². The Morgan fingerprint density at radius 2 is 0.875 bits per heavy atom. The Bertz CT molecular complexity index is 2020. The molecule has 6 aromatic carbocycles. The molecular formula is C48H46. The summed E-state index contributed by atoms with van der Waals surface area (Å²) < 4.78 is 0. The molecule has 0 saturated carbocycles. The van der Waals surface area contributed by atoms with Gasteiger partial charge in [0, 0.05) is 11.8 Å². The number of hydrogen-bond acceptors (Lipinski definition) is 0. The number of hydrogen-bond donors (Lipinski definition) is 0. The maximum absolute atomic E-state index is 2.58. The molecule has 8 rings (SSSR count). The second-order valence-electron chi connectivity index (χ2n) is 14.1. The van der Waals surface area contributed by atoms with E-state index in [-0.39, 0.29) is 0 Å². The molecule has 2 unspecified atom stereocenters. The van der Waals surface area contributed by atoms with Gasteiger partial charge in [-0.2, -0.15) is 0 Å². The minimum absolute atomic E-state index is 0.493. The van der Waals surface area contributed by atoms with E-state index in [9.17, 15) is 0 Å². The number of unbranched alkanes of at least 4 members (excludes halogenated alkanes) is 2. The van der Waals surface area contributed by atoms with Gasteiger partial charge in [0.15, 0.2) is 0 Å². The van der Waals surface area contributed by atoms with Crippen LogP contribution in [-0.4, -0.2) is 0 Å². The van der Waals surface area contributed by atoms with Crippen LogP contribution in [0.1, 0.15) is 99.3 Å². The maximum Gasteiger partial charge on any atom is 0.00579 e. The summed E-state index contributed by atoms with van der Waals surface area (Å²) in [4.78, 5) is 0. The SMILES string of the molecule is CCCCC1=Cc2c(-c3ccc4ccccc4c3)cccc2C1CCC1C(CCCC)=Cc2c(-c3ccc4ccccc4c3)cccc21. The van der Waals surface area contributed by atoms with Gasteiger partial charge in [-0.25, -0.2) is 0 Å². The summed E-state index contributed by atoms with van der Waals surface area (Å²) in [7, 11) is 0. The molecular weight excluding hydrogens is 577 g/mol. The fourth-order valence-electron chi connectivity index (χ4n) is 8.55. The standard InChI is InChI=1S/C48H46/c1-3-5-13-37-31-47-41(39-25-23-33-15-7-9-17-35(33)29-39)19-11-21-45(47)43(37)27-28-44-38(14-6-4-2)32-48-42(20-12-22-46(44)48)40-26-24-34-16-8-10-18-36(34)30-40/h7-12,15-26,29-32,43-44H,3-6,13-14,27-28H2,1-2H3. The Morgan fingerprint density at radius 3 is 1.31 bits per heavy atom. The predicted molar refractivity (Wildman–Crippen MR) is 208 cm³/mol. The van der Waals surface area contributed by atoms with E-state index in [2.05, 4.69) is 147 Å². The second kappa shape index (κ2) is 13.4. The Kier molecular flexibility index (Phi) is 8.58. The zero-order valence-electron chi connectivity index (χ0n) is 28.5. The van der Waals surface area contributed by atoms with Gasteiger partial charge in [-0.15, -0.1) is 0 Å². The minimum Gasteiger partial charge on any atom is -0.0654 e. The van der Waals surface area contributed by atoms with Crippen LogP contribution in [0.25, 0.3) is 56.0 Å². The first-order chi connectivity index (χ1) is 23.7. The summed E-state index contributed by atoms with van der Waals surface area (Å²) in [5, 5.41) is 5.23. The average molecular weight is 623 g/mol. The van der Waals surface area contributed by atoms with Crippen LogP contribution in [0.15, 0.2) is 132 Å². The molecule has 0 aromatic heterocycles. The number of rotatable bonds is 11. The van der Waals surface area contributed by atoms with Crippen LogP contribution in [0.5, 0.6) is 0 Å². The Balaban J connectivity index is 1.13. The fourth-order valence-corrected chi connectivity index (χ4v) is 8.55. The quantitative estimate of drug-likeness (QED) is 0.135. The topological polar surface area (TPSA) is 0 Å². The summed E-state index contributed by atoms with van der Waals surface area (Å²) in [6, 6.07) is 45.6. The van der Waals surface area contributed by atoms with E-state index in [1.54, 1.807) is 11.1 Å². The summed E-state index contributed by atoms with van der Waals surface area (Å²) in [6.45, 7) is 4.65. The highest BCUT2D eigenvalue weighted by Gasteiger charge is 2.31. The van der Waals surface area contributed by atoms with Crippen LogP contribution >= 0.6 is 0 Å². The molecule has 2 aliphatic rings. The highest BCUT2D eigenvalue weighted by Crippen LogP contribution is 2.50. The predicted octanol–water partition coefficient (Wildman–Crippen LogP) is 14.1. The van der Waals surface area contributed by atoms with Crippen molar-refractivity contribution in [1.82, 2.24) is 0 Å². The van der Waals surface area contributed by atoms with Crippen LogP contribution in [0.3, 0.4) is 0 Å². The zero-order chi connectivity index (χ0) is 32.5. The Hall–Kier alpha value is -4.68. The van der Waals surface area contributed by atoms with E-state index in [1.165, 1.54) is 117 Å². The highest BCUT2D eigenvalue weighted by molar-refractivity contribution is 5.92. The smallest absolute Gasteiger partial charge is 0.00579 e. The van der Waals surface area contributed by atoms with Gasteiger partial charge in [0.2, 0.25) is 0 Å². The summed E-state index contributed by atoms with van der Waals surface area (Å²) >= 11 is 0.